The SMILES string of the molecule is CC(=O)c1cc(NC(=NC#N)NCCC[C@H]2C[C@H](Cc3ccc(F)cc3)CCN2C)cc(C(C)=O)c1. The number of likely N-dealkylation sites (tertiary alicyclic amines) is 1. The van der Waals surface area contributed by atoms with E-state index in [0.29, 0.717) is 35.3 Å². The highest BCUT2D eigenvalue weighted by atomic mass is 19.1. The fraction of sp³-hybridized carbons (Fsp3) is 0.429. The molecule has 8 heteroatoms. The fourth-order valence-corrected chi connectivity index (χ4v) is 4.68. The van der Waals surface area contributed by atoms with Gasteiger partial charge in [-0.25, -0.2) is 4.39 Å². The molecule has 2 atom stereocenters. The van der Waals surface area contributed by atoms with Gasteiger partial charge in [-0.1, -0.05) is 12.1 Å². The summed E-state index contributed by atoms with van der Waals surface area (Å²) in [5.41, 5.74) is 2.52. The third kappa shape index (κ3) is 7.99. The number of carbonyl (C=O) groups excluding carboxylic acids is 2. The quantitative estimate of drug-likeness (QED) is 0.172. The standard InChI is InChI=1S/C28H34FN5O2/c1-19(35)23-15-24(20(2)36)17-26(16-23)33-28(32-18-30)31-11-4-5-27-14-22(10-12-34(27)3)13-21-6-8-25(29)9-7-21/h6-9,15-17,22,27H,4-5,10-14H2,1-3H3,(H2,31,32,33)/t22-,27-/m0/s1. The van der Waals surface area contributed by atoms with Crippen molar-refractivity contribution in [2.45, 2.75) is 52.0 Å². The Morgan fingerprint density at radius 1 is 1.14 bits per heavy atom. The molecule has 0 radical (unpaired) electrons. The Morgan fingerprint density at radius 2 is 1.81 bits per heavy atom. The van der Waals surface area contributed by atoms with Gasteiger partial charge in [0.1, 0.15) is 5.82 Å². The first-order chi connectivity index (χ1) is 17.2. The van der Waals surface area contributed by atoms with Crippen molar-refractivity contribution in [1.29, 1.82) is 5.26 Å². The van der Waals surface area contributed by atoms with Crippen molar-refractivity contribution >= 4 is 23.2 Å². The normalized spacial score (nSPS) is 18.4. The number of rotatable bonds is 9. The summed E-state index contributed by atoms with van der Waals surface area (Å²) in [6, 6.07) is 12.1. The first kappa shape index (κ1) is 27.0. The van der Waals surface area contributed by atoms with Gasteiger partial charge in [-0.05, 0) is 101 Å². The number of piperidine rings is 1. The molecule has 0 aliphatic carbocycles. The van der Waals surface area contributed by atoms with E-state index in [1.807, 2.05) is 12.1 Å². The van der Waals surface area contributed by atoms with Gasteiger partial charge in [0.05, 0.1) is 0 Å². The summed E-state index contributed by atoms with van der Waals surface area (Å²) < 4.78 is 13.2. The van der Waals surface area contributed by atoms with E-state index in [4.69, 9.17) is 5.26 Å². The predicted octanol–water partition coefficient (Wildman–Crippen LogP) is 4.80. The number of nitrogens with zero attached hydrogens (tertiary/aromatic N) is 3. The topological polar surface area (TPSA) is 97.6 Å². The zero-order chi connectivity index (χ0) is 26.1. The Hall–Kier alpha value is -3.57. The van der Waals surface area contributed by atoms with Crippen LogP contribution < -0.4 is 10.6 Å². The van der Waals surface area contributed by atoms with Crippen molar-refractivity contribution in [2.75, 3.05) is 25.5 Å². The molecule has 7 nitrogen and oxygen atoms in total. The lowest BCUT2D eigenvalue weighted by atomic mass is 9.85. The third-order valence-corrected chi connectivity index (χ3v) is 6.73. The van der Waals surface area contributed by atoms with Crippen LogP contribution in [0.3, 0.4) is 0 Å². The van der Waals surface area contributed by atoms with Crippen LogP contribution in [0.4, 0.5) is 10.1 Å². The Morgan fingerprint density at radius 3 is 2.42 bits per heavy atom. The van der Waals surface area contributed by atoms with Crippen molar-refractivity contribution in [3.63, 3.8) is 0 Å². The minimum absolute atomic E-state index is 0.151. The van der Waals surface area contributed by atoms with E-state index in [0.717, 1.165) is 38.6 Å². The lowest BCUT2D eigenvalue weighted by Gasteiger charge is -2.37. The monoisotopic (exact) mass is 491 g/mol. The second kappa shape index (κ2) is 12.9. The van der Waals surface area contributed by atoms with Crippen molar-refractivity contribution in [2.24, 2.45) is 10.9 Å². The highest BCUT2D eigenvalue weighted by Gasteiger charge is 2.25. The van der Waals surface area contributed by atoms with Gasteiger partial charge in [-0.2, -0.15) is 5.26 Å². The summed E-state index contributed by atoms with van der Waals surface area (Å²) in [6.07, 6.45) is 6.86. The van der Waals surface area contributed by atoms with Crippen LogP contribution in [0.15, 0.2) is 47.5 Å². The number of hydrogen-bond acceptors (Lipinski definition) is 5. The fourth-order valence-electron chi connectivity index (χ4n) is 4.68. The molecule has 2 N–H and O–H groups in total. The van der Waals surface area contributed by atoms with Crippen molar-refractivity contribution < 1.29 is 14.0 Å². The molecule has 36 heavy (non-hydrogen) atoms. The Bertz CT molecular complexity index is 1110. The van der Waals surface area contributed by atoms with Crippen molar-refractivity contribution in [3.05, 3.63) is 65.0 Å². The van der Waals surface area contributed by atoms with E-state index in [-0.39, 0.29) is 23.3 Å². The van der Waals surface area contributed by atoms with Gasteiger partial charge in [0.25, 0.3) is 0 Å². The molecule has 0 spiro atoms. The smallest absolute Gasteiger partial charge is 0.211 e. The summed E-state index contributed by atoms with van der Waals surface area (Å²) in [6.45, 7) is 4.54. The van der Waals surface area contributed by atoms with Gasteiger partial charge in [0.15, 0.2) is 11.6 Å². The molecule has 2 aromatic rings. The third-order valence-electron chi connectivity index (χ3n) is 6.73. The number of ketones is 2. The molecule has 1 heterocycles. The molecule has 0 aromatic heterocycles. The number of halogens is 1. The van der Waals surface area contributed by atoms with Crippen molar-refractivity contribution in [1.82, 2.24) is 10.2 Å². The van der Waals surface area contributed by atoms with E-state index in [2.05, 4.69) is 27.6 Å². The molecular weight excluding hydrogens is 457 g/mol. The number of carbonyl (C=O) groups is 2. The summed E-state index contributed by atoms with van der Waals surface area (Å²) in [5.74, 6) is 0.349. The van der Waals surface area contributed by atoms with E-state index in [9.17, 15) is 14.0 Å². The van der Waals surface area contributed by atoms with Crippen LogP contribution in [0.2, 0.25) is 0 Å². The molecule has 0 bridgehead atoms. The molecule has 0 saturated carbocycles. The van der Waals surface area contributed by atoms with Crippen LogP contribution in [0.5, 0.6) is 0 Å². The minimum Gasteiger partial charge on any atom is -0.355 e. The first-order valence-corrected chi connectivity index (χ1v) is 12.3. The van der Waals surface area contributed by atoms with Crippen LogP contribution in [-0.4, -0.2) is 48.6 Å². The van der Waals surface area contributed by atoms with Gasteiger partial charge >= 0.3 is 0 Å². The Labute approximate surface area is 212 Å². The number of aliphatic imine (C=N–C) groups is 1. The van der Waals surface area contributed by atoms with Gasteiger partial charge in [0.2, 0.25) is 12.2 Å². The summed E-state index contributed by atoms with van der Waals surface area (Å²) in [7, 11) is 2.16. The van der Waals surface area contributed by atoms with Crippen molar-refractivity contribution in [3.8, 4) is 6.19 Å². The van der Waals surface area contributed by atoms with Gasteiger partial charge in [-0.3, -0.25) is 9.59 Å². The number of anilines is 1. The Balaban J connectivity index is 1.53. The van der Waals surface area contributed by atoms with E-state index < -0.39 is 0 Å². The molecule has 0 unspecified atom stereocenters. The number of nitriles is 1. The molecule has 0 amide bonds. The summed E-state index contributed by atoms with van der Waals surface area (Å²) in [4.78, 5) is 29.9. The second-order valence-electron chi connectivity index (χ2n) is 9.52. The molecular formula is C28H34FN5O2. The average molecular weight is 492 g/mol. The van der Waals surface area contributed by atoms with E-state index in [1.165, 1.54) is 31.5 Å². The summed E-state index contributed by atoms with van der Waals surface area (Å²) in [5, 5.41) is 15.3. The Kier molecular flexibility index (Phi) is 9.71. The highest BCUT2D eigenvalue weighted by molar-refractivity contribution is 6.03. The highest BCUT2D eigenvalue weighted by Crippen LogP contribution is 2.27. The molecule has 1 saturated heterocycles. The van der Waals surface area contributed by atoms with Crippen LogP contribution in [0, 0.1) is 23.2 Å². The average Bonchev–Trinajstić information content (AvgIpc) is 2.84. The lowest BCUT2D eigenvalue weighted by Crippen LogP contribution is -2.41. The van der Waals surface area contributed by atoms with E-state index in [1.54, 1.807) is 24.4 Å². The molecule has 3 rings (SSSR count). The van der Waals surface area contributed by atoms with Crippen LogP contribution in [0.25, 0.3) is 0 Å². The van der Waals surface area contributed by atoms with Crippen LogP contribution >= 0.6 is 0 Å². The zero-order valence-electron chi connectivity index (χ0n) is 21.2. The van der Waals surface area contributed by atoms with Gasteiger partial charge in [0, 0.05) is 29.4 Å². The largest absolute Gasteiger partial charge is 0.355 e. The number of Topliss-reactive ketones (excluding diaryl/α,β-unsaturated/α-hetero) is 2. The molecule has 190 valence electrons. The minimum atomic E-state index is -0.202. The molecule has 1 aliphatic rings. The van der Waals surface area contributed by atoms with E-state index >= 15 is 0 Å². The lowest BCUT2D eigenvalue weighted by molar-refractivity contribution is 0.101. The number of hydrogen-bond donors (Lipinski definition) is 2. The number of benzene rings is 2. The molecule has 1 aliphatic heterocycles. The maximum absolute atomic E-state index is 13.2. The predicted molar refractivity (Wildman–Crippen MR) is 140 cm³/mol. The summed E-state index contributed by atoms with van der Waals surface area (Å²) >= 11 is 0. The van der Waals surface area contributed by atoms with Gasteiger partial charge in [-0.15, -0.1) is 4.99 Å². The van der Waals surface area contributed by atoms with Crippen LogP contribution in [-0.2, 0) is 6.42 Å². The first-order valence-electron chi connectivity index (χ1n) is 12.3. The maximum atomic E-state index is 13.2. The number of guanidine groups is 1. The number of nitrogens with one attached hydrogen (secondary N) is 2. The maximum Gasteiger partial charge on any atom is 0.211 e. The molecule has 1 fully saturated rings. The second-order valence-corrected chi connectivity index (χ2v) is 9.52. The molecule has 2 aromatic carbocycles. The van der Waals surface area contributed by atoms with Crippen LogP contribution in [0.1, 0.15) is 65.8 Å². The van der Waals surface area contributed by atoms with Gasteiger partial charge < -0.3 is 15.5 Å². The zero-order valence-corrected chi connectivity index (χ0v) is 21.2.